The van der Waals surface area contributed by atoms with Gasteiger partial charge in [-0.25, -0.2) is 4.39 Å². The van der Waals surface area contributed by atoms with Crippen LogP contribution in [0.4, 0.5) is 10.1 Å². The van der Waals surface area contributed by atoms with Crippen LogP contribution in [-0.2, 0) is 22.6 Å². The molecule has 1 saturated heterocycles. The van der Waals surface area contributed by atoms with Crippen LogP contribution >= 0.6 is 0 Å². The van der Waals surface area contributed by atoms with E-state index in [1.165, 1.54) is 19.2 Å². The monoisotopic (exact) mass is 360 g/mol. The number of aromatic nitrogens is 2. The molecule has 1 aliphatic heterocycles. The Morgan fingerprint density at radius 2 is 2.00 bits per heavy atom. The van der Waals surface area contributed by atoms with Gasteiger partial charge in [-0.15, -0.1) is 0 Å². The van der Waals surface area contributed by atoms with Crippen LogP contribution in [0.2, 0.25) is 0 Å². The molecule has 2 aromatic rings. The summed E-state index contributed by atoms with van der Waals surface area (Å²) in [5, 5.41) is 4.32. The van der Waals surface area contributed by atoms with E-state index in [0.29, 0.717) is 13.0 Å². The van der Waals surface area contributed by atoms with Gasteiger partial charge >= 0.3 is 5.97 Å². The van der Waals surface area contributed by atoms with Crippen LogP contribution in [-0.4, -0.2) is 53.9 Å². The summed E-state index contributed by atoms with van der Waals surface area (Å²) in [7, 11) is 1.39. The van der Waals surface area contributed by atoms with Crippen LogP contribution in [0.15, 0.2) is 36.7 Å². The Labute approximate surface area is 153 Å². The molecule has 0 amide bonds. The van der Waals surface area contributed by atoms with E-state index in [9.17, 15) is 9.18 Å². The first kappa shape index (κ1) is 18.4. The van der Waals surface area contributed by atoms with Crippen LogP contribution < -0.4 is 4.90 Å². The molecule has 1 aromatic heterocycles. The van der Waals surface area contributed by atoms with Gasteiger partial charge in [0.1, 0.15) is 5.82 Å². The highest BCUT2D eigenvalue weighted by Gasteiger charge is 2.16. The second-order valence-corrected chi connectivity index (χ2v) is 6.53. The number of halogens is 1. The van der Waals surface area contributed by atoms with Crippen molar-refractivity contribution in [2.75, 3.05) is 38.2 Å². The van der Waals surface area contributed by atoms with Crippen LogP contribution in [0.25, 0.3) is 0 Å². The molecule has 0 spiro atoms. The van der Waals surface area contributed by atoms with E-state index in [0.717, 1.165) is 50.4 Å². The molecule has 6 nitrogen and oxygen atoms in total. The molecule has 0 N–H and O–H groups in total. The lowest BCUT2D eigenvalue weighted by atomic mass is 10.2. The number of methoxy groups -OCH3 is 1. The second-order valence-electron chi connectivity index (χ2n) is 6.53. The fraction of sp³-hybridized carbons (Fsp3) is 0.474. The second kappa shape index (κ2) is 8.80. The van der Waals surface area contributed by atoms with E-state index < -0.39 is 0 Å². The highest BCUT2D eigenvalue weighted by atomic mass is 19.1. The number of hydrogen-bond acceptors (Lipinski definition) is 5. The van der Waals surface area contributed by atoms with Crippen molar-refractivity contribution in [1.82, 2.24) is 14.7 Å². The summed E-state index contributed by atoms with van der Waals surface area (Å²) >= 11 is 0. The third-order valence-corrected chi connectivity index (χ3v) is 4.65. The summed E-state index contributed by atoms with van der Waals surface area (Å²) in [5.41, 5.74) is 2.22. The molecule has 0 radical (unpaired) electrons. The highest BCUT2D eigenvalue weighted by molar-refractivity contribution is 5.68. The third-order valence-electron chi connectivity index (χ3n) is 4.65. The molecule has 3 rings (SSSR count). The average Bonchev–Trinajstić information content (AvgIpc) is 2.97. The molecule has 1 fully saturated rings. The molecule has 0 atom stereocenters. The van der Waals surface area contributed by atoms with Gasteiger partial charge in [-0.1, -0.05) is 0 Å². The number of hydrogen-bond donors (Lipinski definition) is 0. The first-order valence-corrected chi connectivity index (χ1v) is 8.95. The van der Waals surface area contributed by atoms with Gasteiger partial charge in [0.15, 0.2) is 0 Å². The van der Waals surface area contributed by atoms with Crippen molar-refractivity contribution < 1.29 is 13.9 Å². The number of ether oxygens (including phenoxy) is 1. The van der Waals surface area contributed by atoms with Crippen LogP contribution in [0, 0.1) is 5.82 Å². The Morgan fingerprint density at radius 3 is 2.77 bits per heavy atom. The molecule has 1 aliphatic rings. The van der Waals surface area contributed by atoms with Crippen molar-refractivity contribution >= 4 is 11.7 Å². The number of nitrogens with zero attached hydrogens (tertiary/aromatic N) is 4. The molecule has 2 heterocycles. The van der Waals surface area contributed by atoms with Gasteiger partial charge in [0.25, 0.3) is 0 Å². The maximum Gasteiger partial charge on any atom is 0.307 e. The Balaban J connectivity index is 1.51. The van der Waals surface area contributed by atoms with E-state index in [1.54, 1.807) is 4.68 Å². The van der Waals surface area contributed by atoms with Crippen molar-refractivity contribution in [3.8, 4) is 0 Å². The van der Waals surface area contributed by atoms with E-state index in [-0.39, 0.29) is 11.8 Å². The summed E-state index contributed by atoms with van der Waals surface area (Å²) in [5.74, 6) is -0.426. The fourth-order valence-electron chi connectivity index (χ4n) is 3.22. The number of benzene rings is 1. The molecule has 0 aliphatic carbocycles. The Morgan fingerprint density at radius 1 is 1.19 bits per heavy atom. The lowest BCUT2D eigenvalue weighted by Gasteiger charge is -2.23. The minimum atomic E-state index is -0.226. The number of anilines is 1. The number of aryl methyl sites for hydroxylation is 1. The first-order chi connectivity index (χ1) is 12.6. The highest BCUT2D eigenvalue weighted by Crippen LogP contribution is 2.18. The minimum Gasteiger partial charge on any atom is -0.469 e. The first-order valence-electron chi connectivity index (χ1n) is 8.95. The molecule has 26 heavy (non-hydrogen) atoms. The molecule has 140 valence electrons. The van der Waals surface area contributed by atoms with Gasteiger partial charge in [0.2, 0.25) is 0 Å². The number of rotatable bonds is 6. The van der Waals surface area contributed by atoms with Crippen molar-refractivity contribution in [2.24, 2.45) is 0 Å². The molecule has 0 unspecified atom stereocenters. The van der Waals surface area contributed by atoms with E-state index in [2.05, 4.69) is 19.6 Å². The Kier molecular flexibility index (Phi) is 6.22. The zero-order chi connectivity index (χ0) is 18.4. The zero-order valence-electron chi connectivity index (χ0n) is 15.1. The summed E-state index contributed by atoms with van der Waals surface area (Å²) < 4.78 is 19.5. The molecule has 7 heteroatoms. The van der Waals surface area contributed by atoms with E-state index in [4.69, 9.17) is 0 Å². The van der Waals surface area contributed by atoms with Crippen molar-refractivity contribution in [3.63, 3.8) is 0 Å². The zero-order valence-corrected chi connectivity index (χ0v) is 15.1. The van der Waals surface area contributed by atoms with Gasteiger partial charge in [-0.05, 0) is 30.7 Å². The van der Waals surface area contributed by atoms with Crippen LogP contribution in [0.1, 0.15) is 18.4 Å². The summed E-state index contributed by atoms with van der Waals surface area (Å²) in [6.45, 7) is 5.24. The standard InChI is InChI=1S/C19H25FN4O2/c1-26-19(25)7-10-24-15-16(13-21-24)14-22-8-2-9-23(12-11-22)18-5-3-17(20)4-6-18/h3-6,13,15H,2,7-12,14H2,1H3. The van der Waals surface area contributed by atoms with Crippen LogP contribution in [0.3, 0.4) is 0 Å². The van der Waals surface area contributed by atoms with Gasteiger partial charge in [0, 0.05) is 50.2 Å². The normalized spacial score (nSPS) is 15.7. The SMILES string of the molecule is COC(=O)CCn1cc(CN2CCCN(c3ccc(F)cc3)CC2)cn1. The van der Waals surface area contributed by atoms with Crippen molar-refractivity contribution in [3.05, 3.63) is 48.0 Å². The Hall–Kier alpha value is -2.41. The smallest absolute Gasteiger partial charge is 0.307 e. The van der Waals surface area contributed by atoms with Crippen molar-refractivity contribution in [2.45, 2.75) is 25.9 Å². The topological polar surface area (TPSA) is 50.6 Å². The van der Waals surface area contributed by atoms with Gasteiger partial charge in [-0.2, -0.15) is 5.10 Å². The van der Waals surface area contributed by atoms with Gasteiger partial charge in [-0.3, -0.25) is 14.4 Å². The van der Waals surface area contributed by atoms with Crippen LogP contribution in [0.5, 0.6) is 0 Å². The van der Waals surface area contributed by atoms with E-state index in [1.807, 2.05) is 24.5 Å². The van der Waals surface area contributed by atoms with Gasteiger partial charge < -0.3 is 9.64 Å². The van der Waals surface area contributed by atoms with E-state index >= 15 is 0 Å². The molecular formula is C19H25FN4O2. The molecule has 0 bridgehead atoms. The van der Waals surface area contributed by atoms with Crippen molar-refractivity contribution in [1.29, 1.82) is 0 Å². The summed E-state index contributed by atoms with van der Waals surface area (Å²) in [6.07, 6.45) is 5.24. The number of carbonyl (C=O) groups excluding carboxylic acids is 1. The Bertz CT molecular complexity index is 717. The quantitative estimate of drug-likeness (QED) is 0.740. The third kappa shape index (κ3) is 5.05. The molecule has 1 aromatic carbocycles. The summed E-state index contributed by atoms with van der Waals surface area (Å²) in [4.78, 5) is 15.9. The number of esters is 1. The number of carbonyl (C=O) groups is 1. The van der Waals surface area contributed by atoms with Gasteiger partial charge in [0.05, 0.1) is 26.3 Å². The predicted molar refractivity (Wildman–Crippen MR) is 97.4 cm³/mol. The lowest BCUT2D eigenvalue weighted by molar-refractivity contribution is -0.140. The predicted octanol–water partition coefficient (Wildman–Crippen LogP) is 2.30. The lowest BCUT2D eigenvalue weighted by Crippen LogP contribution is -2.30. The summed E-state index contributed by atoms with van der Waals surface area (Å²) in [6, 6.07) is 6.72. The minimum absolute atomic E-state index is 0.200. The molecule has 0 saturated carbocycles. The fourth-order valence-corrected chi connectivity index (χ4v) is 3.22. The largest absolute Gasteiger partial charge is 0.469 e. The molecular weight excluding hydrogens is 335 g/mol. The maximum atomic E-state index is 13.1. The maximum absolute atomic E-state index is 13.1. The average molecular weight is 360 g/mol.